The van der Waals surface area contributed by atoms with Crippen LogP contribution in [0.5, 0.6) is 0 Å². The van der Waals surface area contributed by atoms with Crippen LogP contribution < -0.4 is 0 Å². The zero-order valence-electron chi connectivity index (χ0n) is 3.90. The molecule has 0 heterocycles. The predicted octanol–water partition coefficient (Wildman–Crippen LogP) is 0.894. The number of hydrogen-bond donors (Lipinski definition) is 0. The molecule has 0 aromatic carbocycles. The molecule has 0 aliphatic rings. The molecule has 0 aliphatic carbocycles. The molecule has 0 fully saturated rings. The van der Waals surface area contributed by atoms with E-state index in [9.17, 15) is 4.79 Å². The Kier molecular flexibility index (Phi) is 15.3. The molecule has 0 N–H and O–H groups in total. The van der Waals surface area contributed by atoms with Crippen LogP contribution in [0.15, 0.2) is 0 Å². The summed E-state index contributed by atoms with van der Waals surface area (Å²) in [6, 6.07) is 0. The van der Waals surface area contributed by atoms with Gasteiger partial charge in [0, 0.05) is 32.7 Å². The second-order valence-electron chi connectivity index (χ2n) is 0.894. The van der Waals surface area contributed by atoms with Gasteiger partial charge in [0.05, 0.1) is 0 Å². The van der Waals surface area contributed by atoms with Crippen LogP contribution in [0, 0.1) is 0 Å². The largest absolute Gasteiger partial charge is 0.542 e. The number of rotatable bonds is 2. The van der Waals surface area contributed by atoms with Gasteiger partial charge >= 0.3 is 0 Å². The van der Waals surface area contributed by atoms with Gasteiger partial charge in [-0.25, -0.2) is 0 Å². The van der Waals surface area contributed by atoms with E-state index in [0.29, 0.717) is 6.42 Å². The van der Waals surface area contributed by atoms with Crippen LogP contribution in [0.4, 0.5) is 0 Å². The maximum absolute atomic E-state index is 9.28. The molecule has 0 bridgehead atoms. The standard InChI is InChI=1S/C4H7O.Y/c1-2-3-4-5;/h2-3H2,1H3;/q-1;. The third kappa shape index (κ3) is 8.84. The van der Waals surface area contributed by atoms with Gasteiger partial charge in [-0.1, -0.05) is 13.3 Å². The van der Waals surface area contributed by atoms with Gasteiger partial charge in [0.2, 0.25) is 0 Å². The normalized spacial score (nSPS) is 6.17. The van der Waals surface area contributed by atoms with Gasteiger partial charge in [-0.2, -0.15) is 6.42 Å². The summed E-state index contributed by atoms with van der Waals surface area (Å²) >= 11 is 0. The Labute approximate surface area is 63.4 Å². The fraction of sp³-hybridized carbons (Fsp3) is 0.750. The smallest absolute Gasteiger partial charge is 0 e. The van der Waals surface area contributed by atoms with Crippen molar-refractivity contribution in [1.29, 1.82) is 0 Å². The Hall–Kier alpha value is 0.774. The fourth-order valence-electron chi connectivity index (χ4n) is 0.102. The van der Waals surface area contributed by atoms with E-state index in [1.54, 1.807) is 6.29 Å². The van der Waals surface area contributed by atoms with Crippen molar-refractivity contribution < 1.29 is 37.5 Å². The van der Waals surface area contributed by atoms with Gasteiger partial charge in [0.25, 0.3) is 0 Å². The van der Waals surface area contributed by atoms with Crippen LogP contribution in [-0.2, 0) is 37.5 Å². The van der Waals surface area contributed by atoms with Gasteiger partial charge in [0.15, 0.2) is 0 Å². The molecule has 0 aliphatic heterocycles. The Morgan fingerprint density at radius 3 is 2.17 bits per heavy atom. The van der Waals surface area contributed by atoms with Crippen LogP contribution in [0.25, 0.3) is 0 Å². The first-order valence-corrected chi connectivity index (χ1v) is 1.76. The topological polar surface area (TPSA) is 17.1 Å². The summed E-state index contributed by atoms with van der Waals surface area (Å²) in [4.78, 5) is 9.28. The van der Waals surface area contributed by atoms with Crippen molar-refractivity contribution in [2.24, 2.45) is 0 Å². The van der Waals surface area contributed by atoms with Crippen molar-refractivity contribution in [3.63, 3.8) is 0 Å². The first kappa shape index (κ1) is 9.91. The van der Waals surface area contributed by atoms with Crippen molar-refractivity contribution in [1.82, 2.24) is 0 Å². The van der Waals surface area contributed by atoms with Crippen LogP contribution >= 0.6 is 0 Å². The molecule has 0 spiro atoms. The summed E-state index contributed by atoms with van der Waals surface area (Å²) in [6.07, 6.45) is 3.27. The molecular weight excluding hydrogens is 153 g/mol. The second kappa shape index (κ2) is 9.24. The molecule has 2 heteroatoms. The SMILES string of the molecule is CCC[C-]=O.[Y]. The van der Waals surface area contributed by atoms with Gasteiger partial charge in [-0.15, -0.1) is 0 Å². The number of hydrogen-bond acceptors (Lipinski definition) is 1. The first-order valence-electron chi connectivity index (χ1n) is 1.76. The molecular formula is C4H7OY-. The van der Waals surface area contributed by atoms with E-state index >= 15 is 0 Å². The zero-order valence-corrected chi connectivity index (χ0v) is 6.74. The van der Waals surface area contributed by atoms with E-state index in [1.807, 2.05) is 6.92 Å². The maximum Gasteiger partial charge on any atom is 0 e. The predicted molar refractivity (Wildman–Crippen MR) is 20.6 cm³/mol. The van der Waals surface area contributed by atoms with E-state index in [1.165, 1.54) is 0 Å². The first-order chi connectivity index (χ1) is 2.41. The average molecular weight is 160 g/mol. The molecule has 0 rings (SSSR count). The number of carbonyl (C=O) groups excluding carboxylic acids is 1. The van der Waals surface area contributed by atoms with E-state index in [2.05, 4.69) is 0 Å². The van der Waals surface area contributed by atoms with Gasteiger partial charge in [-0.05, 0) is 0 Å². The van der Waals surface area contributed by atoms with Gasteiger partial charge < -0.3 is 4.79 Å². The minimum absolute atomic E-state index is 0. The summed E-state index contributed by atoms with van der Waals surface area (Å²) < 4.78 is 0. The summed E-state index contributed by atoms with van der Waals surface area (Å²) in [5.41, 5.74) is 0. The molecule has 0 aromatic rings. The Balaban J connectivity index is 0. The fourth-order valence-corrected chi connectivity index (χ4v) is 0.102. The van der Waals surface area contributed by atoms with Crippen molar-refractivity contribution in [2.75, 3.05) is 0 Å². The monoisotopic (exact) mass is 160 g/mol. The average Bonchev–Trinajstić information content (AvgIpc) is 1.41. The van der Waals surface area contributed by atoms with Crippen LogP contribution in [0.2, 0.25) is 0 Å². The Morgan fingerprint density at radius 2 is 2.17 bits per heavy atom. The zero-order chi connectivity index (χ0) is 4.12. The molecule has 0 aromatic heterocycles. The molecule has 1 radical (unpaired) electrons. The van der Waals surface area contributed by atoms with Crippen molar-refractivity contribution in [2.45, 2.75) is 19.8 Å². The molecule has 0 saturated heterocycles. The quantitative estimate of drug-likeness (QED) is 0.548. The van der Waals surface area contributed by atoms with Crippen LogP contribution in [-0.4, -0.2) is 6.29 Å². The van der Waals surface area contributed by atoms with Crippen molar-refractivity contribution in [3.05, 3.63) is 0 Å². The third-order valence-electron chi connectivity index (χ3n) is 0.352. The minimum atomic E-state index is 0. The molecule has 6 heavy (non-hydrogen) atoms. The molecule has 0 atom stereocenters. The van der Waals surface area contributed by atoms with E-state index < -0.39 is 0 Å². The minimum Gasteiger partial charge on any atom is -0.542 e. The van der Waals surface area contributed by atoms with Crippen molar-refractivity contribution >= 4 is 6.29 Å². The molecule has 33 valence electrons. The molecule has 0 amide bonds. The second-order valence-corrected chi connectivity index (χ2v) is 0.894. The molecule has 0 unspecified atom stereocenters. The summed E-state index contributed by atoms with van der Waals surface area (Å²) in [5.74, 6) is 0. The van der Waals surface area contributed by atoms with Gasteiger partial charge in [-0.3, -0.25) is 6.29 Å². The van der Waals surface area contributed by atoms with E-state index in [0.717, 1.165) is 6.42 Å². The van der Waals surface area contributed by atoms with Crippen LogP contribution in [0.3, 0.4) is 0 Å². The summed E-state index contributed by atoms with van der Waals surface area (Å²) in [6.45, 7) is 1.95. The Morgan fingerprint density at radius 1 is 1.67 bits per heavy atom. The number of unbranched alkanes of at least 4 members (excludes halogenated alkanes) is 1. The van der Waals surface area contributed by atoms with Gasteiger partial charge in [0.1, 0.15) is 0 Å². The summed E-state index contributed by atoms with van der Waals surface area (Å²) in [7, 11) is 0. The molecule has 0 saturated carbocycles. The summed E-state index contributed by atoms with van der Waals surface area (Å²) in [5, 5.41) is 0. The Bertz CT molecular complexity index is 28.7. The maximum atomic E-state index is 9.28. The van der Waals surface area contributed by atoms with E-state index in [4.69, 9.17) is 0 Å². The molecule has 1 nitrogen and oxygen atoms in total. The van der Waals surface area contributed by atoms with E-state index in [-0.39, 0.29) is 32.7 Å². The third-order valence-corrected chi connectivity index (χ3v) is 0.352. The van der Waals surface area contributed by atoms with Crippen LogP contribution in [0.1, 0.15) is 19.8 Å². The van der Waals surface area contributed by atoms with Crippen molar-refractivity contribution in [3.8, 4) is 0 Å².